The Morgan fingerprint density at radius 2 is 2.24 bits per heavy atom. The number of anilines is 2. The van der Waals surface area contributed by atoms with E-state index in [2.05, 4.69) is 33.9 Å². The molecule has 0 aromatic carbocycles. The Balaban J connectivity index is 2.15. The normalized spacial score (nSPS) is 21.5. The zero-order chi connectivity index (χ0) is 12.4. The molecule has 1 aliphatic rings. The Labute approximate surface area is 103 Å². The Kier molecular flexibility index (Phi) is 3.47. The second-order valence-corrected chi connectivity index (χ2v) is 4.89. The summed E-state index contributed by atoms with van der Waals surface area (Å²) in [5, 5.41) is 0. The van der Waals surface area contributed by atoms with E-state index in [0.29, 0.717) is 12.0 Å². The topological polar surface area (TPSA) is 58.3 Å². The lowest BCUT2D eigenvalue weighted by Gasteiger charge is -2.36. The molecule has 0 spiro atoms. The number of aryl methyl sites for hydroxylation is 1. The van der Waals surface area contributed by atoms with Crippen LogP contribution in [0.15, 0.2) is 6.07 Å². The largest absolute Gasteiger partial charge is 0.368 e. The summed E-state index contributed by atoms with van der Waals surface area (Å²) in [5.41, 5.74) is 6.61. The van der Waals surface area contributed by atoms with Gasteiger partial charge in [0.05, 0.1) is 0 Å². The third kappa shape index (κ3) is 2.85. The van der Waals surface area contributed by atoms with Crippen LogP contribution in [0.2, 0.25) is 0 Å². The summed E-state index contributed by atoms with van der Waals surface area (Å²) in [6.45, 7) is 4.22. The Bertz CT molecular complexity index is 372. The van der Waals surface area contributed by atoms with E-state index in [1.54, 1.807) is 0 Å². The third-order valence-corrected chi connectivity index (χ3v) is 3.37. The molecule has 0 radical (unpaired) electrons. The highest BCUT2D eigenvalue weighted by atomic mass is 15.3. The first kappa shape index (κ1) is 12.1. The lowest BCUT2D eigenvalue weighted by molar-refractivity contribution is 0.247. The van der Waals surface area contributed by atoms with E-state index in [-0.39, 0.29) is 0 Å². The second kappa shape index (κ2) is 4.87. The van der Waals surface area contributed by atoms with Crippen LogP contribution in [0.25, 0.3) is 0 Å². The summed E-state index contributed by atoms with van der Waals surface area (Å²) < 4.78 is 0. The summed E-state index contributed by atoms with van der Waals surface area (Å²) in [6.07, 6.45) is 2.45. The maximum atomic E-state index is 5.69. The molecule has 1 fully saturated rings. The fraction of sp³-hybridized carbons (Fsp3) is 0.667. The minimum atomic E-state index is 0.357. The van der Waals surface area contributed by atoms with Gasteiger partial charge < -0.3 is 15.5 Å². The van der Waals surface area contributed by atoms with Crippen molar-refractivity contribution in [2.24, 2.45) is 0 Å². The number of hydrogen-bond donors (Lipinski definition) is 1. The number of hydrogen-bond acceptors (Lipinski definition) is 5. The number of piperidine rings is 1. The van der Waals surface area contributed by atoms with Gasteiger partial charge in [-0.15, -0.1) is 0 Å². The molecule has 2 heterocycles. The SMILES string of the molecule is Cc1cc(N(C)C2CCCN(C)C2)nc(N)n1. The maximum absolute atomic E-state index is 5.69. The Morgan fingerprint density at radius 3 is 2.88 bits per heavy atom. The van der Waals surface area contributed by atoms with Gasteiger partial charge in [0.1, 0.15) is 5.82 Å². The summed E-state index contributed by atoms with van der Waals surface area (Å²) >= 11 is 0. The Morgan fingerprint density at radius 1 is 1.47 bits per heavy atom. The van der Waals surface area contributed by atoms with E-state index in [4.69, 9.17) is 5.73 Å². The lowest BCUT2D eigenvalue weighted by atomic mass is 10.1. The number of likely N-dealkylation sites (tertiary alicyclic amines) is 1. The van der Waals surface area contributed by atoms with Crippen LogP contribution in [0.3, 0.4) is 0 Å². The van der Waals surface area contributed by atoms with E-state index in [1.807, 2.05) is 13.0 Å². The van der Waals surface area contributed by atoms with Crippen molar-refractivity contribution >= 4 is 11.8 Å². The molecular formula is C12H21N5. The predicted molar refractivity (Wildman–Crippen MR) is 70.1 cm³/mol. The van der Waals surface area contributed by atoms with Crippen molar-refractivity contribution in [2.45, 2.75) is 25.8 Å². The smallest absolute Gasteiger partial charge is 0.222 e. The van der Waals surface area contributed by atoms with Crippen LogP contribution in [0, 0.1) is 6.92 Å². The van der Waals surface area contributed by atoms with Gasteiger partial charge in [0, 0.05) is 31.4 Å². The lowest BCUT2D eigenvalue weighted by Crippen LogP contribution is -2.45. The van der Waals surface area contributed by atoms with Gasteiger partial charge in [0.15, 0.2) is 0 Å². The quantitative estimate of drug-likeness (QED) is 0.825. The first-order chi connectivity index (χ1) is 8.06. The third-order valence-electron chi connectivity index (χ3n) is 3.37. The maximum Gasteiger partial charge on any atom is 0.222 e. The molecule has 1 unspecified atom stereocenters. The minimum absolute atomic E-state index is 0.357. The molecular weight excluding hydrogens is 214 g/mol. The molecule has 5 heteroatoms. The molecule has 0 amide bonds. The Hall–Kier alpha value is -1.36. The van der Waals surface area contributed by atoms with Crippen LogP contribution in [0.1, 0.15) is 18.5 Å². The van der Waals surface area contributed by atoms with Crippen LogP contribution in [-0.4, -0.2) is 48.1 Å². The van der Waals surface area contributed by atoms with Gasteiger partial charge >= 0.3 is 0 Å². The molecule has 0 aliphatic carbocycles. The van der Waals surface area contributed by atoms with Crippen molar-refractivity contribution in [2.75, 3.05) is 37.8 Å². The fourth-order valence-corrected chi connectivity index (χ4v) is 2.40. The number of nitrogen functional groups attached to an aromatic ring is 1. The van der Waals surface area contributed by atoms with Crippen molar-refractivity contribution in [1.82, 2.24) is 14.9 Å². The van der Waals surface area contributed by atoms with Crippen molar-refractivity contribution < 1.29 is 0 Å². The molecule has 0 saturated carbocycles. The highest BCUT2D eigenvalue weighted by Crippen LogP contribution is 2.20. The highest BCUT2D eigenvalue weighted by Gasteiger charge is 2.22. The van der Waals surface area contributed by atoms with Crippen LogP contribution in [0.4, 0.5) is 11.8 Å². The molecule has 1 aliphatic heterocycles. The predicted octanol–water partition coefficient (Wildman–Crippen LogP) is 0.898. The minimum Gasteiger partial charge on any atom is -0.368 e. The fourth-order valence-electron chi connectivity index (χ4n) is 2.40. The summed E-state index contributed by atoms with van der Waals surface area (Å²) in [7, 11) is 4.25. The van der Waals surface area contributed by atoms with Gasteiger partial charge in [-0.1, -0.05) is 0 Å². The zero-order valence-corrected chi connectivity index (χ0v) is 10.8. The van der Waals surface area contributed by atoms with Crippen LogP contribution in [-0.2, 0) is 0 Å². The molecule has 5 nitrogen and oxygen atoms in total. The average molecular weight is 235 g/mol. The van der Waals surface area contributed by atoms with Gasteiger partial charge in [0.2, 0.25) is 5.95 Å². The van der Waals surface area contributed by atoms with Crippen molar-refractivity contribution in [3.05, 3.63) is 11.8 Å². The van der Waals surface area contributed by atoms with E-state index < -0.39 is 0 Å². The van der Waals surface area contributed by atoms with Crippen molar-refractivity contribution in [1.29, 1.82) is 0 Å². The average Bonchev–Trinajstić information content (AvgIpc) is 2.26. The molecule has 2 N–H and O–H groups in total. The first-order valence-corrected chi connectivity index (χ1v) is 6.09. The van der Waals surface area contributed by atoms with E-state index in [0.717, 1.165) is 18.1 Å². The number of likely N-dealkylation sites (N-methyl/N-ethyl adjacent to an activating group) is 2. The zero-order valence-electron chi connectivity index (χ0n) is 10.8. The van der Waals surface area contributed by atoms with Crippen LogP contribution < -0.4 is 10.6 Å². The van der Waals surface area contributed by atoms with Gasteiger partial charge in [-0.05, 0) is 33.4 Å². The molecule has 17 heavy (non-hydrogen) atoms. The van der Waals surface area contributed by atoms with E-state index in [9.17, 15) is 0 Å². The van der Waals surface area contributed by atoms with Crippen molar-refractivity contribution in [3.63, 3.8) is 0 Å². The number of rotatable bonds is 2. The van der Waals surface area contributed by atoms with Gasteiger partial charge in [0.25, 0.3) is 0 Å². The molecule has 1 aromatic heterocycles. The standard InChI is InChI=1S/C12H21N5/c1-9-7-11(15-12(13)14-9)17(3)10-5-4-6-16(2)8-10/h7,10H,4-6,8H2,1-3H3,(H2,13,14,15). The first-order valence-electron chi connectivity index (χ1n) is 6.09. The number of nitrogens with zero attached hydrogens (tertiary/aromatic N) is 4. The van der Waals surface area contributed by atoms with Gasteiger partial charge in [-0.2, -0.15) is 4.98 Å². The molecule has 1 saturated heterocycles. The number of nitrogens with two attached hydrogens (primary N) is 1. The molecule has 1 aromatic rings. The van der Waals surface area contributed by atoms with Gasteiger partial charge in [-0.3, -0.25) is 0 Å². The molecule has 0 bridgehead atoms. The van der Waals surface area contributed by atoms with E-state index in [1.165, 1.54) is 19.4 Å². The molecule has 1 atom stereocenters. The molecule has 94 valence electrons. The summed E-state index contributed by atoms with van der Waals surface area (Å²) in [6, 6.07) is 2.51. The molecule has 2 rings (SSSR count). The van der Waals surface area contributed by atoms with Gasteiger partial charge in [-0.25, -0.2) is 4.98 Å². The summed E-state index contributed by atoms with van der Waals surface area (Å²) in [5.74, 6) is 1.28. The number of aromatic nitrogens is 2. The van der Waals surface area contributed by atoms with Crippen LogP contribution >= 0.6 is 0 Å². The second-order valence-electron chi connectivity index (χ2n) is 4.89. The van der Waals surface area contributed by atoms with E-state index >= 15 is 0 Å². The summed E-state index contributed by atoms with van der Waals surface area (Å²) in [4.78, 5) is 13.0. The monoisotopic (exact) mass is 235 g/mol. The van der Waals surface area contributed by atoms with Crippen molar-refractivity contribution in [3.8, 4) is 0 Å². The highest BCUT2D eigenvalue weighted by molar-refractivity contribution is 5.43. The van der Waals surface area contributed by atoms with Crippen LogP contribution in [0.5, 0.6) is 0 Å².